The molecule has 88 valence electrons. The Kier molecular flexibility index (Phi) is 2.90. The molecule has 1 atom stereocenters. The maximum absolute atomic E-state index is 12.2. The van der Waals surface area contributed by atoms with E-state index in [1.54, 1.807) is 0 Å². The van der Waals surface area contributed by atoms with Gasteiger partial charge in [0.25, 0.3) is 0 Å². The minimum absolute atomic E-state index is 0.0827. The molecule has 0 aromatic rings. The van der Waals surface area contributed by atoms with Crippen molar-refractivity contribution in [2.24, 2.45) is 5.41 Å². The standard InChI is InChI=1S/C12H19N3O/c1-14(2)8-10-4-3-7-15(10)11(16)12(9-13)5-6-12/h10H,3-8H2,1-2H3. The molecule has 1 aliphatic heterocycles. The van der Waals surface area contributed by atoms with Crippen molar-refractivity contribution < 1.29 is 4.79 Å². The van der Waals surface area contributed by atoms with E-state index in [2.05, 4.69) is 11.0 Å². The number of nitrogens with zero attached hydrogens (tertiary/aromatic N) is 3. The third kappa shape index (κ3) is 1.92. The number of likely N-dealkylation sites (N-methyl/N-ethyl adjacent to an activating group) is 1. The summed E-state index contributed by atoms with van der Waals surface area (Å²) in [5.74, 6) is 0.0827. The van der Waals surface area contributed by atoms with E-state index in [0.717, 1.165) is 38.8 Å². The van der Waals surface area contributed by atoms with E-state index in [4.69, 9.17) is 5.26 Å². The van der Waals surface area contributed by atoms with Gasteiger partial charge in [-0.05, 0) is 39.8 Å². The first-order valence-corrected chi connectivity index (χ1v) is 5.96. The molecule has 1 saturated heterocycles. The molecule has 0 aromatic heterocycles. The van der Waals surface area contributed by atoms with E-state index < -0.39 is 5.41 Å². The van der Waals surface area contributed by atoms with E-state index in [-0.39, 0.29) is 5.91 Å². The van der Waals surface area contributed by atoms with Gasteiger partial charge >= 0.3 is 0 Å². The Morgan fingerprint density at radius 2 is 2.25 bits per heavy atom. The lowest BCUT2D eigenvalue weighted by molar-refractivity contribution is -0.136. The van der Waals surface area contributed by atoms with Crippen molar-refractivity contribution >= 4 is 5.91 Å². The maximum atomic E-state index is 12.2. The summed E-state index contributed by atoms with van der Waals surface area (Å²) in [4.78, 5) is 16.3. The molecule has 1 aliphatic carbocycles. The lowest BCUT2D eigenvalue weighted by Gasteiger charge is -2.28. The van der Waals surface area contributed by atoms with Crippen LogP contribution in [0, 0.1) is 16.7 Å². The van der Waals surface area contributed by atoms with Gasteiger partial charge in [-0.15, -0.1) is 0 Å². The van der Waals surface area contributed by atoms with Crippen LogP contribution in [0.5, 0.6) is 0 Å². The fourth-order valence-corrected chi connectivity index (χ4v) is 2.49. The fourth-order valence-electron chi connectivity index (χ4n) is 2.49. The van der Waals surface area contributed by atoms with E-state index in [0.29, 0.717) is 6.04 Å². The third-order valence-corrected chi connectivity index (χ3v) is 3.59. The predicted molar refractivity (Wildman–Crippen MR) is 60.6 cm³/mol. The molecule has 1 unspecified atom stereocenters. The molecular weight excluding hydrogens is 202 g/mol. The van der Waals surface area contributed by atoms with Gasteiger partial charge in [0, 0.05) is 19.1 Å². The summed E-state index contributed by atoms with van der Waals surface area (Å²) in [5, 5.41) is 9.05. The summed E-state index contributed by atoms with van der Waals surface area (Å²) in [5.41, 5.74) is -0.644. The number of nitriles is 1. The first-order valence-electron chi connectivity index (χ1n) is 5.96. The minimum atomic E-state index is -0.644. The molecule has 0 aromatic carbocycles. The zero-order valence-electron chi connectivity index (χ0n) is 10.1. The Morgan fingerprint density at radius 3 is 2.75 bits per heavy atom. The average Bonchev–Trinajstić information content (AvgIpc) is 2.92. The van der Waals surface area contributed by atoms with Crippen LogP contribution in [0.2, 0.25) is 0 Å². The van der Waals surface area contributed by atoms with Crippen molar-refractivity contribution in [2.75, 3.05) is 27.2 Å². The van der Waals surface area contributed by atoms with E-state index in [1.807, 2.05) is 19.0 Å². The highest BCUT2D eigenvalue weighted by Crippen LogP contribution is 2.47. The first kappa shape index (κ1) is 11.4. The van der Waals surface area contributed by atoms with Gasteiger partial charge in [-0.1, -0.05) is 0 Å². The van der Waals surface area contributed by atoms with Crippen LogP contribution in [0.25, 0.3) is 0 Å². The minimum Gasteiger partial charge on any atom is -0.337 e. The summed E-state index contributed by atoms with van der Waals surface area (Å²) in [7, 11) is 4.05. The highest BCUT2D eigenvalue weighted by Gasteiger charge is 2.54. The predicted octanol–water partition coefficient (Wildman–Crippen LogP) is 0.843. The topological polar surface area (TPSA) is 47.3 Å². The highest BCUT2D eigenvalue weighted by molar-refractivity contribution is 5.88. The van der Waals surface area contributed by atoms with Gasteiger partial charge < -0.3 is 9.80 Å². The summed E-state index contributed by atoms with van der Waals surface area (Å²) in [6.45, 7) is 1.74. The van der Waals surface area contributed by atoms with Gasteiger partial charge in [-0.25, -0.2) is 0 Å². The summed E-state index contributed by atoms with van der Waals surface area (Å²) >= 11 is 0. The van der Waals surface area contributed by atoms with Crippen molar-refractivity contribution in [2.45, 2.75) is 31.7 Å². The number of hydrogen-bond acceptors (Lipinski definition) is 3. The van der Waals surface area contributed by atoms with Crippen molar-refractivity contribution in [3.8, 4) is 6.07 Å². The van der Waals surface area contributed by atoms with Gasteiger partial charge in [-0.2, -0.15) is 5.26 Å². The molecule has 4 heteroatoms. The summed E-state index contributed by atoms with van der Waals surface area (Å²) in [6.07, 6.45) is 3.66. The largest absolute Gasteiger partial charge is 0.337 e. The van der Waals surface area contributed by atoms with Gasteiger partial charge in [0.15, 0.2) is 0 Å². The van der Waals surface area contributed by atoms with E-state index in [1.165, 1.54) is 0 Å². The maximum Gasteiger partial charge on any atom is 0.243 e. The zero-order valence-corrected chi connectivity index (χ0v) is 10.1. The van der Waals surface area contributed by atoms with Gasteiger partial charge in [0.1, 0.15) is 5.41 Å². The molecule has 0 radical (unpaired) electrons. The van der Waals surface area contributed by atoms with Crippen LogP contribution in [0.4, 0.5) is 0 Å². The Labute approximate surface area is 96.8 Å². The quantitative estimate of drug-likeness (QED) is 0.709. The van der Waals surface area contributed by atoms with Crippen LogP contribution < -0.4 is 0 Å². The van der Waals surface area contributed by atoms with Crippen LogP contribution in [0.3, 0.4) is 0 Å². The van der Waals surface area contributed by atoms with Crippen LogP contribution in [-0.4, -0.2) is 48.9 Å². The molecule has 1 heterocycles. The average molecular weight is 221 g/mol. The van der Waals surface area contributed by atoms with Crippen LogP contribution in [-0.2, 0) is 4.79 Å². The zero-order chi connectivity index (χ0) is 11.8. The number of carbonyl (C=O) groups is 1. The van der Waals surface area contributed by atoms with E-state index in [9.17, 15) is 4.79 Å². The van der Waals surface area contributed by atoms with Crippen molar-refractivity contribution in [1.82, 2.24) is 9.80 Å². The molecule has 2 aliphatic rings. The van der Waals surface area contributed by atoms with Crippen molar-refractivity contribution in [1.29, 1.82) is 5.26 Å². The van der Waals surface area contributed by atoms with Crippen molar-refractivity contribution in [3.05, 3.63) is 0 Å². The second-order valence-electron chi connectivity index (χ2n) is 5.25. The lowest BCUT2D eigenvalue weighted by Crippen LogP contribution is -2.44. The molecule has 4 nitrogen and oxygen atoms in total. The number of amides is 1. The number of rotatable bonds is 3. The first-order chi connectivity index (χ1) is 7.59. The lowest BCUT2D eigenvalue weighted by atomic mass is 10.1. The fraction of sp³-hybridized carbons (Fsp3) is 0.833. The monoisotopic (exact) mass is 221 g/mol. The molecular formula is C12H19N3O. The normalized spacial score (nSPS) is 26.9. The Hall–Kier alpha value is -1.08. The van der Waals surface area contributed by atoms with Gasteiger partial charge in [-0.3, -0.25) is 4.79 Å². The molecule has 16 heavy (non-hydrogen) atoms. The molecule has 0 bridgehead atoms. The highest BCUT2D eigenvalue weighted by atomic mass is 16.2. The molecule has 0 spiro atoms. The summed E-state index contributed by atoms with van der Waals surface area (Å²) in [6, 6.07) is 2.51. The number of likely N-dealkylation sites (tertiary alicyclic amines) is 1. The smallest absolute Gasteiger partial charge is 0.243 e. The number of carbonyl (C=O) groups excluding carboxylic acids is 1. The second-order valence-corrected chi connectivity index (χ2v) is 5.25. The Morgan fingerprint density at radius 1 is 1.56 bits per heavy atom. The molecule has 2 fully saturated rings. The van der Waals surface area contributed by atoms with Crippen LogP contribution in [0.1, 0.15) is 25.7 Å². The van der Waals surface area contributed by atoms with E-state index >= 15 is 0 Å². The molecule has 0 N–H and O–H groups in total. The SMILES string of the molecule is CN(C)CC1CCCN1C(=O)C1(C#N)CC1. The third-order valence-electron chi connectivity index (χ3n) is 3.59. The second kappa shape index (κ2) is 4.06. The molecule has 2 rings (SSSR count). The molecule has 1 amide bonds. The van der Waals surface area contributed by atoms with Gasteiger partial charge in [0.2, 0.25) is 5.91 Å². The van der Waals surface area contributed by atoms with Gasteiger partial charge in [0.05, 0.1) is 6.07 Å². The Bertz CT molecular complexity index is 328. The summed E-state index contributed by atoms with van der Waals surface area (Å²) < 4.78 is 0. The molecule has 1 saturated carbocycles. The van der Waals surface area contributed by atoms with Crippen LogP contribution >= 0.6 is 0 Å². The number of hydrogen-bond donors (Lipinski definition) is 0. The Balaban J connectivity index is 2.03. The van der Waals surface area contributed by atoms with Crippen molar-refractivity contribution in [3.63, 3.8) is 0 Å². The van der Waals surface area contributed by atoms with Crippen LogP contribution in [0.15, 0.2) is 0 Å².